The topological polar surface area (TPSA) is 75.4 Å². The lowest BCUT2D eigenvalue weighted by molar-refractivity contribution is -0.142. The van der Waals surface area contributed by atoms with E-state index in [-0.39, 0.29) is 5.91 Å². The van der Waals surface area contributed by atoms with Gasteiger partial charge in [0.15, 0.2) is 0 Å². The molecule has 1 atom stereocenters. The van der Waals surface area contributed by atoms with E-state index in [1.807, 2.05) is 0 Å². The van der Waals surface area contributed by atoms with Crippen LogP contribution in [0.5, 0.6) is 0 Å². The van der Waals surface area contributed by atoms with E-state index in [9.17, 15) is 18.4 Å². The van der Waals surface area contributed by atoms with Crippen molar-refractivity contribution in [1.82, 2.24) is 10.2 Å². The molecule has 110 valence electrons. The van der Waals surface area contributed by atoms with Crippen molar-refractivity contribution in [3.63, 3.8) is 0 Å². The van der Waals surface area contributed by atoms with E-state index in [2.05, 4.69) is 5.32 Å². The summed E-state index contributed by atoms with van der Waals surface area (Å²) in [5.74, 6) is -3.75. The minimum Gasteiger partial charge on any atom is -0.348 e. The fourth-order valence-corrected chi connectivity index (χ4v) is 2.11. The average Bonchev–Trinajstić information content (AvgIpc) is 2.44. The number of rotatable bonds is 5. The number of halogens is 2. The highest BCUT2D eigenvalue weighted by Crippen LogP contribution is 2.18. The van der Waals surface area contributed by atoms with Gasteiger partial charge >= 0.3 is 0 Å². The first-order valence-electron chi connectivity index (χ1n) is 6.56. The highest BCUT2D eigenvalue weighted by atomic mass is 19.3. The van der Waals surface area contributed by atoms with Gasteiger partial charge in [0, 0.05) is 13.0 Å². The lowest BCUT2D eigenvalue weighted by atomic mass is 10.0. The van der Waals surface area contributed by atoms with E-state index in [1.165, 1.54) is 4.90 Å². The lowest BCUT2D eigenvalue weighted by Gasteiger charge is -2.34. The smallest absolute Gasteiger partial charge is 0.277 e. The maximum absolute atomic E-state index is 13.0. The van der Waals surface area contributed by atoms with Gasteiger partial charge in [0.05, 0.1) is 13.1 Å². The van der Waals surface area contributed by atoms with E-state index >= 15 is 0 Å². The maximum Gasteiger partial charge on any atom is 0.277 e. The van der Waals surface area contributed by atoms with Crippen molar-refractivity contribution < 1.29 is 18.4 Å². The number of hydrogen-bond acceptors (Lipinski definition) is 3. The zero-order valence-electron chi connectivity index (χ0n) is 11.1. The molecule has 19 heavy (non-hydrogen) atoms. The number of amides is 2. The van der Waals surface area contributed by atoms with Crippen LogP contribution in [0.25, 0.3) is 0 Å². The van der Waals surface area contributed by atoms with Crippen molar-refractivity contribution in [2.45, 2.75) is 44.6 Å². The van der Waals surface area contributed by atoms with Gasteiger partial charge in [-0.2, -0.15) is 0 Å². The van der Waals surface area contributed by atoms with Gasteiger partial charge in [-0.3, -0.25) is 9.59 Å². The molecule has 0 spiro atoms. The van der Waals surface area contributed by atoms with Crippen molar-refractivity contribution in [2.75, 3.05) is 19.6 Å². The Bertz CT molecular complexity index is 337. The summed E-state index contributed by atoms with van der Waals surface area (Å²) in [6.07, 6.45) is 2.49. The quantitative estimate of drug-likeness (QED) is 0.768. The average molecular weight is 277 g/mol. The summed E-state index contributed by atoms with van der Waals surface area (Å²) in [6, 6.07) is -0.630. The Balaban J connectivity index is 2.60. The third-order valence-electron chi connectivity index (χ3n) is 3.25. The van der Waals surface area contributed by atoms with Crippen LogP contribution >= 0.6 is 0 Å². The summed E-state index contributed by atoms with van der Waals surface area (Å²) in [5, 5.41) is 2.19. The number of nitrogens with one attached hydrogen (secondary N) is 1. The third kappa shape index (κ3) is 4.41. The molecule has 7 heteroatoms. The SMILES string of the molecule is CCC(=O)N1CCCCC1C(=O)NCC(F)(F)CN. The molecule has 1 saturated heterocycles. The van der Waals surface area contributed by atoms with Crippen LogP contribution in [0, 0.1) is 0 Å². The molecule has 0 radical (unpaired) electrons. The van der Waals surface area contributed by atoms with Crippen LogP contribution in [0.3, 0.4) is 0 Å². The van der Waals surface area contributed by atoms with E-state index in [4.69, 9.17) is 5.73 Å². The van der Waals surface area contributed by atoms with Crippen LogP contribution in [0.15, 0.2) is 0 Å². The standard InChI is InChI=1S/C12H21F2N3O2/c1-2-10(18)17-6-4-3-5-9(17)11(19)16-8-12(13,14)7-15/h9H,2-8,15H2,1H3,(H,16,19). The Hall–Kier alpha value is -1.24. The van der Waals surface area contributed by atoms with Gasteiger partial charge in [-0.15, -0.1) is 0 Å². The molecule has 0 aromatic rings. The Morgan fingerprint density at radius 2 is 2.11 bits per heavy atom. The van der Waals surface area contributed by atoms with Gasteiger partial charge in [0.25, 0.3) is 5.92 Å². The van der Waals surface area contributed by atoms with Gasteiger partial charge in [-0.25, -0.2) is 8.78 Å². The summed E-state index contributed by atoms with van der Waals surface area (Å²) in [5.41, 5.74) is 4.90. The molecule has 2 amide bonds. The minimum absolute atomic E-state index is 0.120. The fourth-order valence-electron chi connectivity index (χ4n) is 2.11. The lowest BCUT2D eigenvalue weighted by Crippen LogP contribution is -2.53. The van der Waals surface area contributed by atoms with Crippen molar-refractivity contribution in [2.24, 2.45) is 5.73 Å². The second-order valence-corrected chi connectivity index (χ2v) is 4.73. The first-order valence-corrected chi connectivity index (χ1v) is 6.56. The fraction of sp³-hybridized carbons (Fsp3) is 0.833. The van der Waals surface area contributed by atoms with Crippen LogP contribution in [-0.4, -0.2) is 48.3 Å². The van der Waals surface area contributed by atoms with Gasteiger partial charge in [0.2, 0.25) is 11.8 Å². The summed E-state index contributed by atoms with van der Waals surface area (Å²) >= 11 is 0. The van der Waals surface area contributed by atoms with E-state index in [1.54, 1.807) is 6.92 Å². The maximum atomic E-state index is 13.0. The number of carbonyl (C=O) groups is 2. The molecule has 0 aliphatic carbocycles. The Labute approximate surface area is 111 Å². The number of alkyl halides is 2. The van der Waals surface area contributed by atoms with Crippen LogP contribution in [0.2, 0.25) is 0 Å². The first-order chi connectivity index (χ1) is 8.91. The normalized spacial score (nSPS) is 20.2. The predicted molar refractivity (Wildman–Crippen MR) is 66.7 cm³/mol. The van der Waals surface area contributed by atoms with Crippen molar-refractivity contribution in [3.8, 4) is 0 Å². The van der Waals surface area contributed by atoms with Crippen LogP contribution < -0.4 is 11.1 Å². The molecular weight excluding hydrogens is 256 g/mol. The molecule has 1 aliphatic rings. The number of hydrogen-bond donors (Lipinski definition) is 2. The van der Waals surface area contributed by atoms with E-state index in [0.29, 0.717) is 19.4 Å². The van der Waals surface area contributed by atoms with Crippen LogP contribution in [-0.2, 0) is 9.59 Å². The highest BCUT2D eigenvalue weighted by molar-refractivity contribution is 5.87. The molecular formula is C12H21F2N3O2. The molecule has 5 nitrogen and oxygen atoms in total. The first kappa shape index (κ1) is 15.8. The third-order valence-corrected chi connectivity index (χ3v) is 3.25. The van der Waals surface area contributed by atoms with Gasteiger partial charge in [0.1, 0.15) is 6.04 Å². The van der Waals surface area contributed by atoms with Crippen molar-refractivity contribution >= 4 is 11.8 Å². The number of piperidine rings is 1. The van der Waals surface area contributed by atoms with E-state index in [0.717, 1.165) is 12.8 Å². The predicted octanol–water partition coefficient (Wildman–Crippen LogP) is 0.488. The van der Waals surface area contributed by atoms with Gasteiger partial charge in [-0.1, -0.05) is 6.92 Å². The molecule has 1 heterocycles. The summed E-state index contributed by atoms with van der Waals surface area (Å²) in [6.45, 7) is 0.634. The second-order valence-electron chi connectivity index (χ2n) is 4.73. The van der Waals surface area contributed by atoms with Crippen molar-refractivity contribution in [3.05, 3.63) is 0 Å². The molecule has 1 aliphatic heterocycles. The van der Waals surface area contributed by atoms with E-state index < -0.39 is 31.0 Å². The molecule has 1 unspecified atom stereocenters. The molecule has 0 aromatic heterocycles. The Morgan fingerprint density at radius 3 is 2.68 bits per heavy atom. The molecule has 1 fully saturated rings. The number of nitrogens with zero attached hydrogens (tertiary/aromatic N) is 1. The number of likely N-dealkylation sites (tertiary alicyclic amines) is 1. The molecule has 0 bridgehead atoms. The number of nitrogens with two attached hydrogens (primary N) is 1. The van der Waals surface area contributed by atoms with Gasteiger partial charge < -0.3 is 16.0 Å². The van der Waals surface area contributed by atoms with Crippen molar-refractivity contribution in [1.29, 1.82) is 0 Å². The monoisotopic (exact) mass is 277 g/mol. The Morgan fingerprint density at radius 1 is 1.42 bits per heavy atom. The summed E-state index contributed by atoms with van der Waals surface area (Å²) in [4.78, 5) is 25.1. The highest BCUT2D eigenvalue weighted by Gasteiger charge is 2.33. The minimum atomic E-state index is -3.11. The molecule has 3 N–H and O–H groups in total. The molecule has 0 saturated carbocycles. The largest absolute Gasteiger partial charge is 0.348 e. The van der Waals surface area contributed by atoms with Gasteiger partial charge in [-0.05, 0) is 19.3 Å². The summed E-state index contributed by atoms with van der Waals surface area (Å²) < 4.78 is 26.0. The summed E-state index contributed by atoms with van der Waals surface area (Å²) in [7, 11) is 0. The zero-order chi connectivity index (χ0) is 14.5. The molecule has 1 rings (SSSR count). The van der Waals surface area contributed by atoms with Crippen LogP contribution in [0.4, 0.5) is 8.78 Å². The Kier molecular flexibility index (Phi) is 5.65. The second kappa shape index (κ2) is 6.79. The zero-order valence-corrected chi connectivity index (χ0v) is 11.1. The van der Waals surface area contributed by atoms with Crippen LogP contribution in [0.1, 0.15) is 32.6 Å². The molecule has 0 aromatic carbocycles. The number of carbonyl (C=O) groups excluding carboxylic acids is 2.